The normalized spacial score (nSPS) is 11.2. The Hall–Kier alpha value is -1.65. The van der Waals surface area contributed by atoms with Gasteiger partial charge in [-0.25, -0.2) is 0 Å². The number of nitrogens with zero attached hydrogens (tertiary/aromatic N) is 1. The molecule has 0 radical (unpaired) electrons. The van der Waals surface area contributed by atoms with Crippen molar-refractivity contribution in [1.82, 2.24) is 10.5 Å². The first-order valence-corrected chi connectivity index (χ1v) is 6.79. The Labute approximate surface area is 109 Å². The van der Waals surface area contributed by atoms with Crippen LogP contribution < -0.4 is 5.32 Å². The Kier molecular flexibility index (Phi) is 3.13. The molecule has 3 aromatic rings. The third kappa shape index (κ3) is 2.30. The van der Waals surface area contributed by atoms with E-state index in [1.54, 1.807) is 11.3 Å². The van der Waals surface area contributed by atoms with Crippen molar-refractivity contribution in [1.29, 1.82) is 0 Å². The second-order valence-corrected chi connectivity index (χ2v) is 5.21. The highest BCUT2D eigenvalue weighted by molar-refractivity contribution is 7.17. The average Bonchev–Trinajstić information content (AvgIpc) is 2.97. The molecule has 0 amide bonds. The van der Waals surface area contributed by atoms with E-state index in [-0.39, 0.29) is 0 Å². The number of hydrogen-bond donors (Lipinski definition) is 1. The Morgan fingerprint density at radius 3 is 3.00 bits per heavy atom. The SMILES string of the molecule is Cc1cc(CNCc2csc3ccccc23)on1. The first kappa shape index (κ1) is 11.4. The molecule has 1 aromatic carbocycles. The number of rotatable bonds is 4. The Balaban J connectivity index is 1.66. The van der Waals surface area contributed by atoms with E-state index in [0.717, 1.165) is 18.0 Å². The van der Waals surface area contributed by atoms with E-state index in [1.165, 1.54) is 15.6 Å². The van der Waals surface area contributed by atoms with E-state index in [0.29, 0.717) is 6.54 Å². The minimum atomic E-state index is 0.713. The van der Waals surface area contributed by atoms with Crippen LogP contribution in [0.15, 0.2) is 40.2 Å². The van der Waals surface area contributed by atoms with Crippen LogP contribution in [0.25, 0.3) is 10.1 Å². The van der Waals surface area contributed by atoms with E-state index >= 15 is 0 Å². The number of benzene rings is 1. The lowest BCUT2D eigenvalue weighted by atomic mass is 10.2. The second-order valence-electron chi connectivity index (χ2n) is 4.30. The van der Waals surface area contributed by atoms with E-state index < -0.39 is 0 Å². The van der Waals surface area contributed by atoms with Gasteiger partial charge in [-0.05, 0) is 29.3 Å². The van der Waals surface area contributed by atoms with Gasteiger partial charge >= 0.3 is 0 Å². The molecule has 18 heavy (non-hydrogen) atoms. The summed E-state index contributed by atoms with van der Waals surface area (Å²) in [4.78, 5) is 0. The van der Waals surface area contributed by atoms with Crippen molar-refractivity contribution in [3.05, 3.63) is 52.7 Å². The second kappa shape index (κ2) is 4.92. The molecule has 0 unspecified atom stereocenters. The van der Waals surface area contributed by atoms with Crippen LogP contribution in [0.2, 0.25) is 0 Å². The summed E-state index contributed by atoms with van der Waals surface area (Å²) in [6, 6.07) is 10.4. The molecule has 0 spiro atoms. The predicted molar refractivity (Wildman–Crippen MR) is 73.6 cm³/mol. The van der Waals surface area contributed by atoms with E-state index in [2.05, 4.69) is 40.1 Å². The summed E-state index contributed by atoms with van der Waals surface area (Å²) in [5.74, 6) is 0.882. The van der Waals surface area contributed by atoms with Gasteiger partial charge in [0, 0.05) is 17.3 Å². The molecule has 1 N–H and O–H groups in total. The zero-order valence-electron chi connectivity index (χ0n) is 10.1. The monoisotopic (exact) mass is 258 g/mol. The maximum absolute atomic E-state index is 5.16. The molecule has 92 valence electrons. The smallest absolute Gasteiger partial charge is 0.150 e. The summed E-state index contributed by atoms with van der Waals surface area (Å²) < 4.78 is 6.50. The van der Waals surface area contributed by atoms with Crippen molar-refractivity contribution >= 4 is 21.4 Å². The third-order valence-corrected chi connectivity index (χ3v) is 3.86. The van der Waals surface area contributed by atoms with Crippen LogP contribution in [0.5, 0.6) is 0 Å². The first-order chi connectivity index (χ1) is 8.83. The number of aryl methyl sites for hydroxylation is 1. The van der Waals surface area contributed by atoms with Gasteiger partial charge in [-0.2, -0.15) is 0 Å². The summed E-state index contributed by atoms with van der Waals surface area (Å²) in [5, 5.41) is 10.8. The Bertz CT molecular complexity index is 656. The fraction of sp³-hybridized carbons (Fsp3) is 0.214. The number of aromatic nitrogens is 1. The largest absolute Gasteiger partial charge is 0.360 e. The van der Waals surface area contributed by atoms with Crippen molar-refractivity contribution in [2.45, 2.75) is 20.0 Å². The summed E-state index contributed by atoms with van der Waals surface area (Å²) in [7, 11) is 0. The zero-order chi connectivity index (χ0) is 12.4. The van der Waals surface area contributed by atoms with Crippen molar-refractivity contribution in [2.75, 3.05) is 0 Å². The maximum atomic E-state index is 5.16. The quantitative estimate of drug-likeness (QED) is 0.778. The summed E-state index contributed by atoms with van der Waals surface area (Å²) in [5.41, 5.74) is 2.26. The van der Waals surface area contributed by atoms with Crippen molar-refractivity contribution in [3.63, 3.8) is 0 Å². The van der Waals surface area contributed by atoms with Gasteiger partial charge in [0.15, 0.2) is 5.76 Å². The molecule has 3 rings (SSSR count). The van der Waals surface area contributed by atoms with Gasteiger partial charge in [-0.1, -0.05) is 23.4 Å². The molecule has 0 aliphatic rings. The molecule has 0 saturated carbocycles. The number of nitrogens with one attached hydrogen (secondary N) is 1. The summed E-state index contributed by atoms with van der Waals surface area (Å²) in [6.45, 7) is 3.49. The summed E-state index contributed by atoms with van der Waals surface area (Å²) >= 11 is 1.79. The standard InChI is InChI=1S/C14H14N2OS/c1-10-6-12(17-16-10)8-15-7-11-9-18-14-5-3-2-4-13(11)14/h2-6,9,15H,7-8H2,1H3. The number of thiophene rings is 1. The zero-order valence-corrected chi connectivity index (χ0v) is 11.0. The van der Waals surface area contributed by atoms with Crippen LogP contribution in [-0.2, 0) is 13.1 Å². The number of hydrogen-bond acceptors (Lipinski definition) is 4. The molecule has 0 aliphatic heterocycles. The van der Waals surface area contributed by atoms with Crippen LogP contribution in [0.1, 0.15) is 17.0 Å². The predicted octanol–water partition coefficient (Wildman–Crippen LogP) is 3.49. The highest BCUT2D eigenvalue weighted by atomic mass is 32.1. The highest BCUT2D eigenvalue weighted by Gasteiger charge is 2.04. The first-order valence-electron chi connectivity index (χ1n) is 5.91. The fourth-order valence-electron chi connectivity index (χ4n) is 1.99. The molecule has 3 nitrogen and oxygen atoms in total. The van der Waals surface area contributed by atoms with Gasteiger partial charge in [0.1, 0.15) is 0 Å². The van der Waals surface area contributed by atoms with Gasteiger partial charge in [-0.3, -0.25) is 0 Å². The van der Waals surface area contributed by atoms with Crippen molar-refractivity contribution in [2.24, 2.45) is 0 Å². The van der Waals surface area contributed by atoms with Crippen LogP contribution in [0.4, 0.5) is 0 Å². The Morgan fingerprint density at radius 2 is 2.17 bits per heavy atom. The average molecular weight is 258 g/mol. The molecule has 2 aromatic heterocycles. The molecule has 0 saturated heterocycles. The van der Waals surface area contributed by atoms with Crippen LogP contribution in [0, 0.1) is 6.92 Å². The van der Waals surface area contributed by atoms with E-state index in [1.807, 2.05) is 13.0 Å². The van der Waals surface area contributed by atoms with Gasteiger partial charge in [0.25, 0.3) is 0 Å². The van der Waals surface area contributed by atoms with E-state index in [9.17, 15) is 0 Å². The number of fused-ring (bicyclic) bond motifs is 1. The molecule has 0 aliphatic carbocycles. The molecule has 0 atom stereocenters. The van der Waals surface area contributed by atoms with Gasteiger partial charge in [0.05, 0.1) is 12.2 Å². The molecular formula is C14H14N2OS. The Morgan fingerprint density at radius 1 is 1.28 bits per heavy atom. The molecule has 2 heterocycles. The molecule has 0 bridgehead atoms. The van der Waals surface area contributed by atoms with Crippen molar-refractivity contribution < 1.29 is 4.52 Å². The minimum Gasteiger partial charge on any atom is -0.360 e. The minimum absolute atomic E-state index is 0.713. The van der Waals surface area contributed by atoms with Crippen LogP contribution in [0.3, 0.4) is 0 Å². The van der Waals surface area contributed by atoms with Crippen LogP contribution >= 0.6 is 11.3 Å². The molecular weight excluding hydrogens is 244 g/mol. The summed E-state index contributed by atoms with van der Waals surface area (Å²) in [6.07, 6.45) is 0. The fourth-order valence-corrected chi connectivity index (χ4v) is 2.95. The molecule has 4 heteroatoms. The van der Waals surface area contributed by atoms with Gasteiger partial charge in [0.2, 0.25) is 0 Å². The highest BCUT2D eigenvalue weighted by Crippen LogP contribution is 2.25. The lowest BCUT2D eigenvalue weighted by Gasteiger charge is -2.01. The third-order valence-electron chi connectivity index (χ3n) is 2.85. The lowest BCUT2D eigenvalue weighted by molar-refractivity contribution is 0.369. The van der Waals surface area contributed by atoms with Crippen molar-refractivity contribution in [3.8, 4) is 0 Å². The molecule has 0 fully saturated rings. The van der Waals surface area contributed by atoms with Gasteiger partial charge in [-0.15, -0.1) is 11.3 Å². The van der Waals surface area contributed by atoms with Gasteiger partial charge < -0.3 is 9.84 Å². The van der Waals surface area contributed by atoms with E-state index in [4.69, 9.17) is 4.52 Å². The maximum Gasteiger partial charge on any atom is 0.150 e. The topological polar surface area (TPSA) is 38.1 Å². The lowest BCUT2D eigenvalue weighted by Crippen LogP contribution is -2.11. The van der Waals surface area contributed by atoms with Crippen LogP contribution in [-0.4, -0.2) is 5.16 Å².